The molecule has 2 aromatic rings. The Morgan fingerprint density at radius 2 is 2.18 bits per heavy atom. The van der Waals surface area contributed by atoms with Crippen molar-refractivity contribution in [2.75, 3.05) is 30.0 Å². The molecule has 0 radical (unpaired) electrons. The molecule has 0 aromatic carbocycles. The molecule has 7 heteroatoms. The van der Waals surface area contributed by atoms with E-state index in [4.69, 9.17) is 5.73 Å². The minimum absolute atomic E-state index is 0.249. The summed E-state index contributed by atoms with van der Waals surface area (Å²) in [7, 11) is 1.79. The number of hydrogen-bond acceptors (Lipinski definition) is 6. The second-order valence-electron chi connectivity index (χ2n) is 3.44. The van der Waals surface area contributed by atoms with Gasteiger partial charge in [-0.2, -0.15) is 15.1 Å². The van der Waals surface area contributed by atoms with Crippen molar-refractivity contribution in [3.05, 3.63) is 24.5 Å². The van der Waals surface area contributed by atoms with Crippen LogP contribution in [0.2, 0.25) is 0 Å². The summed E-state index contributed by atoms with van der Waals surface area (Å²) in [6.45, 7) is 1.49. The van der Waals surface area contributed by atoms with Crippen LogP contribution in [-0.4, -0.2) is 33.3 Å². The van der Waals surface area contributed by atoms with Gasteiger partial charge in [-0.15, -0.1) is 0 Å². The van der Waals surface area contributed by atoms with Gasteiger partial charge in [-0.1, -0.05) is 0 Å². The third-order valence-electron chi connectivity index (χ3n) is 2.21. The lowest BCUT2D eigenvalue weighted by atomic mass is 10.5. The monoisotopic (exact) mass is 233 g/mol. The highest BCUT2D eigenvalue weighted by molar-refractivity contribution is 5.50. The SMILES string of the molecule is CNc1cc(NCCn2cccn2)nc(N)n1. The Bertz CT molecular complexity index is 466. The van der Waals surface area contributed by atoms with Gasteiger partial charge in [0.2, 0.25) is 5.95 Å². The lowest BCUT2D eigenvalue weighted by molar-refractivity contribution is 0.637. The Kier molecular flexibility index (Phi) is 3.39. The first-order valence-corrected chi connectivity index (χ1v) is 5.31. The van der Waals surface area contributed by atoms with E-state index >= 15 is 0 Å². The van der Waals surface area contributed by atoms with Crippen molar-refractivity contribution in [3.63, 3.8) is 0 Å². The lowest BCUT2D eigenvalue weighted by Crippen LogP contribution is -2.12. The quantitative estimate of drug-likeness (QED) is 0.692. The van der Waals surface area contributed by atoms with Crippen molar-refractivity contribution in [2.45, 2.75) is 6.54 Å². The second kappa shape index (κ2) is 5.15. The van der Waals surface area contributed by atoms with E-state index in [2.05, 4.69) is 25.7 Å². The summed E-state index contributed by atoms with van der Waals surface area (Å²) in [6.07, 6.45) is 3.66. The molecule has 4 N–H and O–H groups in total. The number of hydrogen-bond donors (Lipinski definition) is 3. The molecule has 0 atom stereocenters. The molecule has 17 heavy (non-hydrogen) atoms. The van der Waals surface area contributed by atoms with Gasteiger partial charge in [0.25, 0.3) is 0 Å². The van der Waals surface area contributed by atoms with Crippen LogP contribution in [0.5, 0.6) is 0 Å². The molecule has 0 fully saturated rings. The Hall–Kier alpha value is -2.31. The van der Waals surface area contributed by atoms with E-state index < -0.39 is 0 Å². The van der Waals surface area contributed by atoms with E-state index in [1.807, 2.05) is 16.9 Å². The molecule has 0 saturated carbocycles. The standard InChI is InChI=1S/C10H15N7/c1-12-8-7-9(16-10(11)15-8)13-4-6-17-5-2-3-14-17/h2-3,5,7H,4,6H2,1H3,(H4,11,12,13,15,16). The van der Waals surface area contributed by atoms with Crippen LogP contribution in [0.4, 0.5) is 17.6 Å². The maximum absolute atomic E-state index is 5.58. The van der Waals surface area contributed by atoms with Gasteiger partial charge in [-0.05, 0) is 6.07 Å². The van der Waals surface area contributed by atoms with Crippen LogP contribution in [0, 0.1) is 0 Å². The predicted molar refractivity (Wildman–Crippen MR) is 66.7 cm³/mol. The molecule has 0 amide bonds. The number of nitrogen functional groups attached to an aromatic ring is 1. The van der Waals surface area contributed by atoms with Crippen molar-refractivity contribution < 1.29 is 0 Å². The van der Waals surface area contributed by atoms with Crippen LogP contribution >= 0.6 is 0 Å². The molecule has 2 heterocycles. The molecule has 0 unspecified atom stereocenters. The van der Waals surface area contributed by atoms with Crippen LogP contribution in [0.25, 0.3) is 0 Å². The first-order valence-electron chi connectivity index (χ1n) is 5.31. The maximum atomic E-state index is 5.58. The zero-order valence-corrected chi connectivity index (χ0v) is 9.59. The maximum Gasteiger partial charge on any atom is 0.223 e. The highest BCUT2D eigenvalue weighted by atomic mass is 15.3. The molecule has 0 aliphatic carbocycles. The van der Waals surface area contributed by atoms with Crippen molar-refractivity contribution >= 4 is 17.6 Å². The van der Waals surface area contributed by atoms with E-state index in [0.717, 1.165) is 13.1 Å². The first-order chi connectivity index (χ1) is 8.28. The third kappa shape index (κ3) is 3.07. The van der Waals surface area contributed by atoms with Crippen LogP contribution in [0.1, 0.15) is 0 Å². The van der Waals surface area contributed by atoms with E-state index in [9.17, 15) is 0 Å². The van der Waals surface area contributed by atoms with Gasteiger partial charge in [0.05, 0.1) is 6.54 Å². The highest BCUT2D eigenvalue weighted by Gasteiger charge is 2.00. The van der Waals surface area contributed by atoms with Gasteiger partial charge in [-0.25, -0.2) is 0 Å². The summed E-state index contributed by atoms with van der Waals surface area (Å²) in [6, 6.07) is 3.70. The van der Waals surface area contributed by atoms with Crippen LogP contribution < -0.4 is 16.4 Å². The first kappa shape index (κ1) is 11.2. The molecule has 0 aliphatic heterocycles. The number of nitrogens with zero attached hydrogens (tertiary/aromatic N) is 4. The Balaban J connectivity index is 1.92. The normalized spacial score (nSPS) is 10.2. The van der Waals surface area contributed by atoms with Crippen LogP contribution in [0.3, 0.4) is 0 Å². The van der Waals surface area contributed by atoms with Gasteiger partial charge in [0.1, 0.15) is 11.6 Å². The van der Waals surface area contributed by atoms with E-state index in [-0.39, 0.29) is 5.95 Å². The minimum Gasteiger partial charge on any atom is -0.373 e. The topological polar surface area (TPSA) is 93.7 Å². The Labute approximate surface area is 99.1 Å². The van der Waals surface area contributed by atoms with Gasteiger partial charge in [0.15, 0.2) is 0 Å². The summed E-state index contributed by atoms with van der Waals surface area (Å²) >= 11 is 0. The number of nitrogens with one attached hydrogen (secondary N) is 2. The number of aromatic nitrogens is 4. The van der Waals surface area contributed by atoms with Crippen molar-refractivity contribution in [2.24, 2.45) is 0 Å². The molecular formula is C10H15N7. The van der Waals surface area contributed by atoms with Crippen molar-refractivity contribution in [3.8, 4) is 0 Å². The summed E-state index contributed by atoms with van der Waals surface area (Å²) in [5, 5.41) is 10.2. The number of nitrogens with two attached hydrogens (primary N) is 1. The number of anilines is 3. The average Bonchev–Trinajstić information content (AvgIpc) is 2.81. The zero-order valence-electron chi connectivity index (χ0n) is 9.59. The Morgan fingerprint density at radius 3 is 2.88 bits per heavy atom. The Morgan fingerprint density at radius 1 is 1.35 bits per heavy atom. The molecule has 90 valence electrons. The van der Waals surface area contributed by atoms with Crippen molar-refractivity contribution in [1.29, 1.82) is 0 Å². The fraction of sp³-hybridized carbons (Fsp3) is 0.300. The van der Waals surface area contributed by atoms with E-state index in [1.165, 1.54) is 0 Å². The largest absolute Gasteiger partial charge is 0.373 e. The van der Waals surface area contributed by atoms with Gasteiger partial charge < -0.3 is 16.4 Å². The van der Waals surface area contributed by atoms with Gasteiger partial charge in [-0.3, -0.25) is 4.68 Å². The van der Waals surface area contributed by atoms with Gasteiger partial charge in [0, 0.05) is 32.1 Å². The second-order valence-corrected chi connectivity index (χ2v) is 3.44. The van der Waals surface area contributed by atoms with E-state index in [0.29, 0.717) is 11.6 Å². The third-order valence-corrected chi connectivity index (χ3v) is 2.21. The van der Waals surface area contributed by atoms with Gasteiger partial charge >= 0.3 is 0 Å². The fourth-order valence-electron chi connectivity index (χ4n) is 1.42. The lowest BCUT2D eigenvalue weighted by Gasteiger charge is -2.08. The smallest absolute Gasteiger partial charge is 0.223 e. The zero-order chi connectivity index (χ0) is 12.1. The molecule has 7 nitrogen and oxygen atoms in total. The molecule has 0 aliphatic rings. The molecule has 0 saturated heterocycles. The minimum atomic E-state index is 0.249. The van der Waals surface area contributed by atoms with Crippen molar-refractivity contribution in [1.82, 2.24) is 19.7 Å². The average molecular weight is 233 g/mol. The summed E-state index contributed by atoms with van der Waals surface area (Å²) in [5.74, 6) is 1.64. The molecule has 0 bridgehead atoms. The summed E-state index contributed by atoms with van der Waals surface area (Å²) < 4.78 is 1.84. The fourth-order valence-corrected chi connectivity index (χ4v) is 1.42. The van der Waals surface area contributed by atoms with Crippen LogP contribution in [0.15, 0.2) is 24.5 Å². The van der Waals surface area contributed by atoms with Crippen LogP contribution in [-0.2, 0) is 6.54 Å². The molecular weight excluding hydrogens is 218 g/mol. The highest BCUT2D eigenvalue weighted by Crippen LogP contribution is 2.11. The molecule has 2 aromatic heterocycles. The number of rotatable bonds is 5. The van der Waals surface area contributed by atoms with E-state index in [1.54, 1.807) is 19.3 Å². The summed E-state index contributed by atoms with van der Waals surface area (Å²) in [4.78, 5) is 8.09. The summed E-state index contributed by atoms with van der Waals surface area (Å²) in [5.41, 5.74) is 5.58. The molecule has 2 rings (SSSR count). The predicted octanol–water partition coefficient (Wildman–Crippen LogP) is 0.409. The molecule has 0 spiro atoms.